The van der Waals surface area contributed by atoms with Crippen molar-refractivity contribution in [3.05, 3.63) is 41.0 Å². The fraction of sp³-hybridized carbons (Fsp3) is 0.353. The first kappa shape index (κ1) is 17.1. The molecule has 2 N–H and O–H groups in total. The van der Waals surface area contributed by atoms with Crippen LogP contribution >= 0.6 is 11.8 Å². The lowest BCUT2D eigenvalue weighted by atomic mass is 9.87. The molecule has 1 aromatic carbocycles. The third-order valence-corrected chi connectivity index (χ3v) is 4.24. The summed E-state index contributed by atoms with van der Waals surface area (Å²) < 4.78 is 0. The van der Waals surface area contributed by atoms with Crippen LogP contribution in [0, 0.1) is 11.3 Å². The third kappa shape index (κ3) is 3.93. The number of nitrogens with one attached hydrogen (secondary N) is 2. The Hall–Kier alpha value is -2.26. The summed E-state index contributed by atoms with van der Waals surface area (Å²) in [6.07, 6.45) is 0. The molecule has 2 aromatic rings. The summed E-state index contributed by atoms with van der Waals surface area (Å²) >= 11 is 1.46. The van der Waals surface area contributed by atoms with Crippen molar-refractivity contribution in [2.24, 2.45) is 0 Å². The van der Waals surface area contributed by atoms with Gasteiger partial charge in [0, 0.05) is 5.56 Å². The molecular formula is C17H20N4OS. The number of carbonyl (C=O) groups is 1. The fourth-order valence-corrected chi connectivity index (χ4v) is 2.74. The van der Waals surface area contributed by atoms with Crippen LogP contribution in [0.3, 0.4) is 0 Å². The van der Waals surface area contributed by atoms with Crippen LogP contribution < -0.4 is 5.32 Å². The number of aromatic amines is 1. The molecule has 120 valence electrons. The molecular weight excluding hydrogens is 308 g/mol. The van der Waals surface area contributed by atoms with E-state index in [0.29, 0.717) is 22.0 Å². The number of thioether (sulfide) groups is 1. The number of hydrogen-bond acceptors (Lipinski definition) is 4. The number of hydrogen-bond donors (Lipinski definition) is 2. The van der Waals surface area contributed by atoms with E-state index in [4.69, 9.17) is 0 Å². The highest BCUT2D eigenvalue weighted by Gasteiger charge is 2.17. The van der Waals surface area contributed by atoms with Crippen LogP contribution in [0.25, 0.3) is 0 Å². The monoisotopic (exact) mass is 328 g/mol. The lowest BCUT2D eigenvalue weighted by molar-refractivity contribution is 0.102. The zero-order valence-electron chi connectivity index (χ0n) is 13.7. The Morgan fingerprint density at radius 1 is 1.35 bits per heavy atom. The van der Waals surface area contributed by atoms with Gasteiger partial charge in [0.05, 0.1) is 0 Å². The molecule has 5 nitrogen and oxygen atoms in total. The lowest BCUT2D eigenvalue weighted by Crippen LogP contribution is -2.15. The molecule has 0 aliphatic carbocycles. The molecule has 0 aliphatic rings. The van der Waals surface area contributed by atoms with Gasteiger partial charge < -0.3 is 5.32 Å². The van der Waals surface area contributed by atoms with Gasteiger partial charge in [-0.25, -0.2) is 0 Å². The van der Waals surface area contributed by atoms with Crippen LogP contribution in [0.4, 0.5) is 5.82 Å². The first-order valence-electron chi connectivity index (χ1n) is 7.40. The Morgan fingerprint density at radius 3 is 2.52 bits per heavy atom. The van der Waals surface area contributed by atoms with E-state index in [-0.39, 0.29) is 11.3 Å². The number of carbonyl (C=O) groups excluding carboxylic acids is 1. The summed E-state index contributed by atoms with van der Waals surface area (Å²) in [6, 6.07) is 9.57. The second kappa shape index (κ2) is 6.88. The molecule has 2 rings (SSSR count). The normalized spacial score (nSPS) is 11.1. The van der Waals surface area contributed by atoms with Gasteiger partial charge >= 0.3 is 0 Å². The van der Waals surface area contributed by atoms with Crippen LogP contribution in [0.1, 0.15) is 49.2 Å². The predicted molar refractivity (Wildman–Crippen MR) is 92.8 cm³/mol. The number of nitriles is 1. The van der Waals surface area contributed by atoms with Crippen LogP contribution in [0.2, 0.25) is 0 Å². The van der Waals surface area contributed by atoms with Crippen LogP contribution in [0.5, 0.6) is 0 Å². The fourth-order valence-electron chi connectivity index (χ4n) is 2.07. The third-order valence-electron chi connectivity index (χ3n) is 3.38. The Balaban J connectivity index is 2.18. The van der Waals surface area contributed by atoms with E-state index in [1.807, 2.05) is 19.1 Å². The van der Waals surface area contributed by atoms with Crippen molar-refractivity contribution >= 4 is 23.5 Å². The standard InChI is InChI=1S/C17H20N4OS/c1-5-23-16-13(10-18)14(20-21-16)19-15(22)11-6-8-12(9-7-11)17(2,3)4/h6-9H,5H2,1-4H3,(H2,19,20,21,22). The Labute approximate surface area is 140 Å². The van der Waals surface area contributed by atoms with Crippen molar-refractivity contribution in [1.29, 1.82) is 5.26 Å². The smallest absolute Gasteiger partial charge is 0.256 e. The molecule has 0 saturated heterocycles. The van der Waals surface area contributed by atoms with Gasteiger partial charge in [0.25, 0.3) is 5.91 Å². The molecule has 0 saturated carbocycles. The Morgan fingerprint density at radius 2 is 2.00 bits per heavy atom. The van der Waals surface area contributed by atoms with Gasteiger partial charge in [0.2, 0.25) is 0 Å². The van der Waals surface area contributed by atoms with Crippen molar-refractivity contribution < 1.29 is 4.79 Å². The topological polar surface area (TPSA) is 81.6 Å². The van der Waals surface area contributed by atoms with E-state index < -0.39 is 0 Å². The van der Waals surface area contributed by atoms with Gasteiger partial charge in [0.15, 0.2) is 0 Å². The molecule has 0 fully saturated rings. The van der Waals surface area contributed by atoms with E-state index in [2.05, 4.69) is 42.4 Å². The van der Waals surface area contributed by atoms with E-state index >= 15 is 0 Å². The van der Waals surface area contributed by atoms with Crippen molar-refractivity contribution in [3.63, 3.8) is 0 Å². The zero-order valence-corrected chi connectivity index (χ0v) is 14.5. The van der Waals surface area contributed by atoms with E-state index in [0.717, 1.165) is 11.3 Å². The van der Waals surface area contributed by atoms with Crippen molar-refractivity contribution in [2.75, 3.05) is 11.1 Å². The summed E-state index contributed by atoms with van der Waals surface area (Å²) in [4.78, 5) is 12.3. The van der Waals surface area contributed by atoms with Crippen LogP contribution in [-0.4, -0.2) is 21.9 Å². The molecule has 0 unspecified atom stereocenters. The minimum Gasteiger partial charge on any atom is -0.306 e. The molecule has 1 heterocycles. The summed E-state index contributed by atoms with van der Waals surface area (Å²) in [5.74, 6) is 0.883. The van der Waals surface area contributed by atoms with E-state index in [9.17, 15) is 10.1 Å². The van der Waals surface area contributed by atoms with Crippen molar-refractivity contribution in [3.8, 4) is 6.07 Å². The first-order valence-corrected chi connectivity index (χ1v) is 8.38. The Bertz CT molecular complexity index is 735. The maximum absolute atomic E-state index is 12.3. The molecule has 6 heteroatoms. The number of nitrogens with zero attached hydrogens (tertiary/aromatic N) is 2. The number of aromatic nitrogens is 2. The number of anilines is 1. The average Bonchev–Trinajstić information content (AvgIpc) is 2.88. The maximum atomic E-state index is 12.3. The Kier molecular flexibility index (Phi) is 5.12. The van der Waals surface area contributed by atoms with E-state index in [1.54, 1.807) is 12.1 Å². The molecule has 0 radical (unpaired) electrons. The zero-order chi connectivity index (χ0) is 17.0. The predicted octanol–water partition coefficient (Wildman–Crippen LogP) is 3.94. The van der Waals surface area contributed by atoms with Crippen molar-refractivity contribution in [1.82, 2.24) is 10.2 Å². The van der Waals surface area contributed by atoms with Crippen LogP contribution in [0.15, 0.2) is 29.3 Å². The van der Waals surface area contributed by atoms with Gasteiger partial charge in [-0.1, -0.05) is 39.8 Å². The van der Waals surface area contributed by atoms with Gasteiger partial charge in [-0.05, 0) is 28.9 Å². The minimum atomic E-state index is -0.265. The number of rotatable bonds is 4. The van der Waals surface area contributed by atoms with Gasteiger partial charge in [-0.2, -0.15) is 10.4 Å². The number of benzene rings is 1. The number of amides is 1. The quantitative estimate of drug-likeness (QED) is 0.833. The SMILES string of the molecule is CCSc1n[nH]c(NC(=O)c2ccc(C(C)(C)C)cc2)c1C#N. The molecule has 0 aliphatic heterocycles. The summed E-state index contributed by atoms with van der Waals surface area (Å²) in [6.45, 7) is 8.35. The van der Waals surface area contributed by atoms with Gasteiger partial charge in [-0.3, -0.25) is 9.89 Å². The number of H-pyrrole nitrogens is 1. The first-order chi connectivity index (χ1) is 10.9. The molecule has 23 heavy (non-hydrogen) atoms. The highest BCUT2D eigenvalue weighted by Crippen LogP contribution is 2.26. The molecule has 0 bridgehead atoms. The van der Waals surface area contributed by atoms with E-state index in [1.165, 1.54) is 11.8 Å². The lowest BCUT2D eigenvalue weighted by Gasteiger charge is -2.19. The summed E-state index contributed by atoms with van der Waals surface area (Å²) in [5, 5.41) is 19.4. The second-order valence-corrected chi connectivity index (χ2v) is 7.36. The molecule has 1 aromatic heterocycles. The van der Waals surface area contributed by atoms with Crippen LogP contribution in [-0.2, 0) is 5.41 Å². The molecule has 0 atom stereocenters. The largest absolute Gasteiger partial charge is 0.306 e. The van der Waals surface area contributed by atoms with Gasteiger partial charge in [-0.15, -0.1) is 11.8 Å². The van der Waals surface area contributed by atoms with Gasteiger partial charge in [0.1, 0.15) is 22.5 Å². The summed E-state index contributed by atoms with van der Waals surface area (Å²) in [5.41, 5.74) is 2.12. The maximum Gasteiger partial charge on any atom is 0.256 e. The average molecular weight is 328 g/mol. The summed E-state index contributed by atoms with van der Waals surface area (Å²) in [7, 11) is 0. The molecule has 1 amide bonds. The minimum absolute atomic E-state index is 0.0403. The second-order valence-electron chi connectivity index (χ2n) is 6.11. The highest BCUT2D eigenvalue weighted by atomic mass is 32.2. The molecule has 0 spiro atoms. The van der Waals surface area contributed by atoms with Crippen molar-refractivity contribution in [2.45, 2.75) is 38.1 Å². The highest BCUT2D eigenvalue weighted by molar-refractivity contribution is 7.99.